The zero-order valence-electron chi connectivity index (χ0n) is 12.3. The minimum Gasteiger partial charge on any atom is -0.497 e. The Morgan fingerprint density at radius 3 is 2.83 bits per heavy atom. The van der Waals surface area contributed by atoms with E-state index < -0.39 is 0 Å². The molecule has 5 nitrogen and oxygen atoms in total. The van der Waals surface area contributed by atoms with E-state index in [2.05, 4.69) is 42.4 Å². The molecule has 23 heavy (non-hydrogen) atoms. The monoisotopic (exact) mass is 440 g/mol. The van der Waals surface area contributed by atoms with Crippen LogP contribution in [0.15, 0.2) is 56.5 Å². The zero-order chi connectivity index (χ0) is 16.7. The summed E-state index contributed by atoms with van der Waals surface area (Å²) in [5.41, 5.74) is 3.23. The molecule has 2 aromatic carbocycles. The largest absolute Gasteiger partial charge is 0.497 e. The summed E-state index contributed by atoms with van der Waals surface area (Å²) in [6.07, 6.45) is 1.54. The van der Waals surface area contributed by atoms with E-state index in [4.69, 9.17) is 9.47 Å². The Hall–Kier alpha value is -1.86. The van der Waals surface area contributed by atoms with Crippen molar-refractivity contribution in [1.29, 1.82) is 0 Å². The molecule has 1 amide bonds. The van der Waals surface area contributed by atoms with Crippen molar-refractivity contribution in [3.63, 3.8) is 0 Å². The Balaban J connectivity index is 1.83. The van der Waals surface area contributed by atoms with Gasteiger partial charge in [-0.25, -0.2) is 5.43 Å². The number of methoxy groups -OCH3 is 1. The molecule has 0 aliphatic heterocycles. The zero-order valence-corrected chi connectivity index (χ0v) is 15.4. The van der Waals surface area contributed by atoms with Gasteiger partial charge < -0.3 is 9.47 Å². The van der Waals surface area contributed by atoms with Gasteiger partial charge in [-0.3, -0.25) is 4.79 Å². The summed E-state index contributed by atoms with van der Waals surface area (Å²) in [5, 5.41) is 3.89. The molecule has 1 N–H and O–H groups in total. The molecule has 2 aromatic rings. The highest BCUT2D eigenvalue weighted by molar-refractivity contribution is 9.11. The normalized spacial score (nSPS) is 10.6. The number of nitrogens with zero attached hydrogens (tertiary/aromatic N) is 1. The average molecular weight is 442 g/mol. The Labute approximate surface area is 150 Å². The summed E-state index contributed by atoms with van der Waals surface area (Å²) in [4.78, 5) is 11.7. The van der Waals surface area contributed by atoms with Crippen molar-refractivity contribution in [2.45, 2.75) is 0 Å². The molecule has 0 atom stereocenters. The first-order chi connectivity index (χ1) is 11.1. The van der Waals surface area contributed by atoms with Crippen molar-refractivity contribution < 1.29 is 14.3 Å². The number of hydrazone groups is 1. The number of amides is 1. The molecule has 0 unspecified atom stereocenters. The summed E-state index contributed by atoms with van der Waals surface area (Å²) in [6, 6.07) is 12.8. The number of carbonyl (C=O) groups is 1. The molecular formula is C16H14Br2N2O3. The second kappa shape index (κ2) is 8.69. The van der Waals surface area contributed by atoms with E-state index in [1.54, 1.807) is 13.2 Å². The first kappa shape index (κ1) is 17.5. The minimum atomic E-state index is -0.348. The van der Waals surface area contributed by atoms with Crippen LogP contribution in [0.5, 0.6) is 11.5 Å². The SMILES string of the molecule is COc1cccc(C=NNC(=O)COc2ccc(Br)cc2Br)c1. The van der Waals surface area contributed by atoms with Gasteiger partial charge in [0.25, 0.3) is 5.91 Å². The summed E-state index contributed by atoms with van der Waals surface area (Å²) in [7, 11) is 1.59. The van der Waals surface area contributed by atoms with Crippen LogP contribution in [0, 0.1) is 0 Å². The fourth-order valence-corrected chi connectivity index (χ4v) is 2.83. The average Bonchev–Trinajstić information content (AvgIpc) is 2.54. The fraction of sp³-hybridized carbons (Fsp3) is 0.125. The smallest absolute Gasteiger partial charge is 0.277 e. The van der Waals surface area contributed by atoms with Gasteiger partial charge in [-0.15, -0.1) is 0 Å². The van der Waals surface area contributed by atoms with Crippen LogP contribution in [0.1, 0.15) is 5.56 Å². The molecule has 0 heterocycles. The second-order valence-corrected chi connectivity index (χ2v) is 6.20. The van der Waals surface area contributed by atoms with Gasteiger partial charge in [0.2, 0.25) is 0 Å². The van der Waals surface area contributed by atoms with Crippen molar-refractivity contribution in [3.8, 4) is 11.5 Å². The van der Waals surface area contributed by atoms with Crippen LogP contribution in [-0.2, 0) is 4.79 Å². The van der Waals surface area contributed by atoms with Gasteiger partial charge >= 0.3 is 0 Å². The molecule has 0 bridgehead atoms. The van der Waals surface area contributed by atoms with Crippen LogP contribution in [0.2, 0.25) is 0 Å². The van der Waals surface area contributed by atoms with Gasteiger partial charge in [-0.2, -0.15) is 5.10 Å². The van der Waals surface area contributed by atoms with Crippen molar-refractivity contribution in [1.82, 2.24) is 5.43 Å². The molecule has 0 aromatic heterocycles. The molecular weight excluding hydrogens is 428 g/mol. The maximum absolute atomic E-state index is 11.7. The molecule has 0 saturated carbocycles. The van der Waals surface area contributed by atoms with Crippen LogP contribution < -0.4 is 14.9 Å². The number of carbonyl (C=O) groups excluding carboxylic acids is 1. The third-order valence-corrected chi connectivity index (χ3v) is 3.86. The molecule has 0 saturated heterocycles. The van der Waals surface area contributed by atoms with E-state index in [1.807, 2.05) is 36.4 Å². The highest BCUT2D eigenvalue weighted by Gasteiger charge is 2.05. The molecule has 0 aliphatic rings. The van der Waals surface area contributed by atoms with Crippen LogP contribution in [0.3, 0.4) is 0 Å². The highest BCUT2D eigenvalue weighted by Crippen LogP contribution is 2.28. The van der Waals surface area contributed by atoms with E-state index in [-0.39, 0.29) is 12.5 Å². The molecule has 0 spiro atoms. The van der Waals surface area contributed by atoms with E-state index in [1.165, 1.54) is 6.21 Å². The molecule has 0 radical (unpaired) electrons. The predicted molar refractivity (Wildman–Crippen MR) is 96.1 cm³/mol. The lowest BCUT2D eigenvalue weighted by Crippen LogP contribution is -2.24. The summed E-state index contributed by atoms with van der Waals surface area (Å²) >= 11 is 6.72. The molecule has 0 aliphatic carbocycles. The maximum atomic E-state index is 11.7. The van der Waals surface area contributed by atoms with Gasteiger partial charge in [0.15, 0.2) is 6.61 Å². The molecule has 7 heteroatoms. The van der Waals surface area contributed by atoms with Crippen LogP contribution >= 0.6 is 31.9 Å². The summed E-state index contributed by atoms with van der Waals surface area (Å²) in [6.45, 7) is -0.129. The predicted octanol–water partition coefficient (Wildman–Crippen LogP) is 3.75. The molecule has 2 rings (SSSR count). The van der Waals surface area contributed by atoms with E-state index in [0.29, 0.717) is 5.75 Å². The van der Waals surface area contributed by atoms with Crippen molar-refractivity contribution in [3.05, 3.63) is 57.0 Å². The molecule has 0 fully saturated rings. The van der Waals surface area contributed by atoms with Crippen LogP contribution in [0.4, 0.5) is 0 Å². The van der Waals surface area contributed by atoms with Crippen molar-refractivity contribution in [2.24, 2.45) is 5.10 Å². The van der Waals surface area contributed by atoms with Crippen molar-refractivity contribution in [2.75, 3.05) is 13.7 Å². The number of benzene rings is 2. The lowest BCUT2D eigenvalue weighted by atomic mass is 10.2. The van der Waals surface area contributed by atoms with E-state index in [9.17, 15) is 4.79 Å². The Kier molecular flexibility index (Phi) is 6.61. The number of nitrogens with one attached hydrogen (secondary N) is 1. The maximum Gasteiger partial charge on any atom is 0.277 e. The van der Waals surface area contributed by atoms with Crippen LogP contribution in [0.25, 0.3) is 0 Å². The molecule has 120 valence electrons. The quantitative estimate of drug-likeness (QED) is 0.548. The van der Waals surface area contributed by atoms with Gasteiger partial charge in [-0.05, 0) is 51.8 Å². The highest BCUT2D eigenvalue weighted by atomic mass is 79.9. The van der Waals surface area contributed by atoms with E-state index >= 15 is 0 Å². The van der Waals surface area contributed by atoms with E-state index in [0.717, 1.165) is 20.3 Å². The number of hydrogen-bond acceptors (Lipinski definition) is 4. The Bertz CT molecular complexity index is 720. The number of ether oxygens (including phenoxy) is 2. The Morgan fingerprint density at radius 2 is 2.09 bits per heavy atom. The first-order valence-electron chi connectivity index (χ1n) is 6.62. The third-order valence-electron chi connectivity index (χ3n) is 2.75. The van der Waals surface area contributed by atoms with Gasteiger partial charge in [0, 0.05) is 4.47 Å². The first-order valence-corrected chi connectivity index (χ1v) is 8.21. The lowest BCUT2D eigenvalue weighted by molar-refractivity contribution is -0.123. The van der Waals surface area contributed by atoms with Gasteiger partial charge in [0.1, 0.15) is 11.5 Å². The number of hydrogen-bond donors (Lipinski definition) is 1. The van der Waals surface area contributed by atoms with Crippen LogP contribution in [-0.4, -0.2) is 25.8 Å². The van der Waals surface area contributed by atoms with Crippen molar-refractivity contribution >= 4 is 44.0 Å². The minimum absolute atomic E-state index is 0.129. The standard InChI is InChI=1S/C16H14Br2N2O3/c1-22-13-4-2-3-11(7-13)9-19-20-16(21)10-23-15-6-5-12(17)8-14(15)18/h2-9H,10H2,1H3,(H,20,21). The van der Waals surface area contributed by atoms with Gasteiger partial charge in [-0.1, -0.05) is 28.1 Å². The number of rotatable bonds is 6. The number of halogens is 2. The fourth-order valence-electron chi connectivity index (χ4n) is 1.67. The topological polar surface area (TPSA) is 59.9 Å². The summed E-state index contributed by atoms with van der Waals surface area (Å²) in [5.74, 6) is 0.961. The summed E-state index contributed by atoms with van der Waals surface area (Å²) < 4.78 is 12.2. The van der Waals surface area contributed by atoms with Gasteiger partial charge in [0.05, 0.1) is 17.8 Å². The second-order valence-electron chi connectivity index (χ2n) is 4.43. The Morgan fingerprint density at radius 1 is 1.26 bits per heavy atom. The lowest BCUT2D eigenvalue weighted by Gasteiger charge is -2.07. The third kappa shape index (κ3) is 5.69.